The van der Waals surface area contributed by atoms with E-state index >= 15 is 0 Å². The van der Waals surface area contributed by atoms with Gasteiger partial charge in [-0.3, -0.25) is 4.89 Å². The fourth-order valence-electron chi connectivity index (χ4n) is 0.987. The van der Waals surface area contributed by atoms with Crippen molar-refractivity contribution in [1.29, 1.82) is 0 Å². The number of hydrogen-bond acceptors (Lipinski definition) is 3. The molecule has 0 fully saturated rings. The maximum Gasteiger partial charge on any atom is 0.365 e. The van der Waals surface area contributed by atoms with Gasteiger partial charge in [0.15, 0.2) is 0 Å². The van der Waals surface area contributed by atoms with Crippen LogP contribution in [0.3, 0.4) is 0 Å². The largest absolute Gasteiger partial charge is 0.365 e. The lowest BCUT2D eigenvalue weighted by atomic mass is 10.1. The standard InChI is InChI=1S/C12H14O3/c1-3-14-15-12(13)9-8-11-6-4-10(2)5-7-11/h4-9H,3H2,1-2H3/b9-8+. The molecule has 0 aliphatic carbocycles. The van der Waals surface area contributed by atoms with E-state index in [-0.39, 0.29) is 0 Å². The van der Waals surface area contributed by atoms with Crippen LogP contribution >= 0.6 is 0 Å². The zero-order chi connectivity index (χ0) is 11.1. The fourth-order valence-corrected chi connectivity index (χ4v) is 0.987. The first kappa shape index (κ1) is 11.5. The quantitative estimate of drug-likeness (QED) is 0.431. The Morgan fingerprint density at radius 1 is 1.33 bits per heavy atom. The summed E-state index contributed by atoms with van der Waals surface area (Å²) in [5.74, 6) is -0.502. The van der Waals surface area contributed by atoms with Crippen molar-refractivity contribution in [3.05, 3.63) is 41.5 Å². The second-order valence-electron chi connectivity index (χ2n) is 3.05. The number of rotatable bonds is 4. The molecule has 0 heterocycles. The Morgan fingerprint density at radius 3 is 2.60 bits per heavy atom. The Morgan fingerprint density at radius 2 is 2.00 bits per heavy atom. The Hall–Kier alpha value is -1.61. The summed E-state index contributed by atoms with van der Waals surface area (Å²) in [6.45, 7) is 4.11. The fraction of sp³-hybridized carbons (Fsp3) is 0.250. The first-order valence-corrected chi connectivity index (χ1v) is 4.80. The van der Waals surface area contributed by atoms with E-state index in [9.17, 15) is 4.79 Å². The Bertz CT molecular complexity index is 338. The van der Waals surface area contributed by atoms with Crippen molar-refractivity contribution in [2.75, 3.05) is 6.61 Å². The van der Waals surface area contributed by atoms with Gasteiger partial charge in [-0.1, -0.05) is 29.8 Å². The summed E-state index contributed by atoms with van der Waals surface area (Å²) in [5.41, 5.74) is 2.14. The molecule has 15 heavy (non-hydrogen) atoms. The highest BCUT2D eigenvalue weighted by Crippen LogP contribution is 2.04. The molecule has 0 unspecified atom stereocenters. The molecule has 0 amide bonds. The van der Waals surface area contributed by atoms with E-state index in [0.717, 1.165) is 5.56 Å². The molecule has 0 atom stereocenters. The van der Waals surface area contributed by atoms with Gasteiger partial charge in [-0.2, -0.15) is 4.89 Å². The van der Waals surface area contributed by atoms with E-state index < -0.39 is 5.97 Å². The Kier molecular flexibility index (Phi) is 4.57. The molecule has 0 aliphatic rings. The van der Waals surface area contributed by atoms with Gasteiger partial charge in [-0.15, -0.1) is 0 Å². The summed E-state index contributed by atoms with van der Waals surface area (Å²) in [6, 6.07) is 7.82. The minimum atomic E-state index is -0.502. The first-order chi connectivity index (χ1) is 7.22. The molecule has 1 aromatic carbocycles. The molecule has 0 aromatic heterocycles. The molecular weight excluding hydrogens is 192 g/mol. The first-order valence-electron chi connectivity index (χ1n) is 4.80. The minimum Gasteiger partial charge on any atom is -0.294 e. The van der Waals surface area contributed by atoms with Crippen LogP contribution in [0.15, 0.2) is 30.3 Å². The van der Waals surface area contributed by atoms with Crippen LogP contribution in [0.5, 0.6) is 0 Å². The molecule has 1 aromatic rings. The summed E-state index contributed by atoms with van der Waals surface area (Å²) in [7, 11) is 0. The third-order valence-corrected chi connectivity index (χ3v) is 1.75. The normalized spacial score (nSPS) is 10.5. The molecule has 0 aliphatic heterocycles. The summed E-state index contributed by atoms with van der Waals surface area (Å²) in [5, 5.41) is 0. The van der Waals surface area contributed by atoms with E-state index in [0.29, 0.717) is 6.61 Å². The summed E-state index contributed by atoms with van der Waals surface area (Å²) >= 11 is 0. The van der Waals surface area contributed by atoms with Crippen molar-refractivity contribution in [1.82, 2.24) is 0 Å². The van der Waals surface area contributed by atoms with Gasteiger partial charge >= 0.3 is 5.97 Å². The topological polar surface area (TPSA) is 35.5 Å². The predicted octanol–water partition coefficient (Wildman–Crippen LogP) is 2.50. The number of carbonyl (C=O) groups excluding carboxylic acids is 1. The van der Waals surface area contributed by atoms with Gasteiger partial charge in [-0.05, 0) is 25.5 Å². The number of carbonyl (C=O) groups is 1. The zero-order valence-corrected chi connectivity index (χ0v) is 8.90. The predicted molar refractivity (Wildman–Crippen MR) is 57.9 cm³/mol. The zero-order valence-electron chi connectivity index (χ0n) is 8.90. The number of aryl methyl sites for hydroxylation is 1. The van der Waals surface area contributed by atoms with E-state index in [1.54, 1.807) is 13.0 Å². The van der Waals surface area contributed by atoms with E-state index in [1.807, 2.05) is 31.2 Å². The van der Waals surface area contributed by atoms with Crippen LogP contribution in [-0.4, -0.2) is 12.6 Å². The van der Waals surface area contributed by atoms with Gasteiger partial charge in [-0.25, -0.2) is 4.79 Å². The van der Waals surface area contributed by atoms with Crippen LogP contribution in [-0.2, 0) is 14.6 Å². The van der Waals surface area contributed by atoms with Crippen LogP contribution in [0.4, 0.5) is 0 Å². The second kappa shape index (κ2) is 5.98. The lowest BCUT2D eigenvalue weighted by Crippen LogP contribution is -2.00. The van der Waals surface area contributed by atoms with Crippen LogP contribution in [0.1, 0.15) is 18.1 Å². The summed E-state index contributed by atoms with van der Waals surface area (Å²) in [6.07, 6.45) is 3.02. The van der Waals surface area contributed by atoms with Crippen LogP contribution in [0.2, 0.25) is 0 Å². The molecule has 0 N–H and O–H groups in total. The minimum absolute atomic E-state index is 0.351. The van der Waals surface area contributed by atoms with Crippen molar-refractivity contribution < 1.29 is 14.6 Å². The molecule has 1 rings (SSSR count). The van der Waals surface area contributed by atoms with Crippen molar-refractivity contribution in [3.63, 3.8) is 0 Å². The molecule has 0 spiro atoms. The van der Waals surface area contributed by atoms with Crippen LogP contribution in [0.25, 0.3) is 6.08 Å². The Balaban J connectivity index is 2.50. The van der Waals surface area contributed by atoms with Gasteiger partial charge in [0.1, 0.15) is 0 Å². The molecule has 0 bridgehead atoms. The smallest absolute Gasteiger partial charge is 0.294 e. The number of benzene rings is 1. The molecule has 0 radical (unpaired) electrons. The number of hydrogen-bond donors (Lipinski definition) is 0. The molecule has 3 nitrogen and oxygen atoms in total. The Labute approximate surface area is 89.2 Å². The summed E-state index contributed by atoms with van der Waals surface area (Å²) in [4.78, 5) is 19.9. The van der Waals surface area contributed by atoms with E-state index in [1.165, 1.54) is 11.6 Å². The highest BCUT2D eigenvalue weighted by Gasteiger charge is 1.96. The van der Waals surface area contributed by atoms with Gasteiger partial charge in [0, 0.05) is 6.08 Å². The van der Waals surface area contributed by atoms with Gasteiger partial charge in [0.2, 0.25) is 0 Å². The third kappa shape index (κ3) is 4.42. The van der Waals surface area contributed by atoms with Crippen LogP contribution < -0.4 is 0 Å². The van der Waals surface area contributed by atoms with E-state index in [2.05, 4.69) is 9.78 Å². The third-order valence-electron chi connectivity index (χ3n) is 1.75. The summed E-state index contributed by atoms with van der Waals surface area (Å²) < 4.78 is 0. The highest BCUT2D eigenvalue weighted by atomic mass is 17.2. The van der Waals surface area contributed by atoms with Crippen molar-refractivity contribution in [3.8, 4) is 0 Å². The van der Waals surface area contributed by atoms with Gasteiger partial charge in [0.05, 0.1) is 6.61 Å². The lowest BCUT2D eigenvalue weighted by molar-refractivity contribution is -0.264. The second-order valence-corrected chi connectivity index (χ2v) is 3.05. The average Bonchev–Trinajstić information content (AvgIpc) is 2.25. The van der Waals surface area contributed by atoms with Crippen LogP contribution in [0, 0.1) is 6.92 Å². The van der Waals surface area contributed by atoms with Crippen molar-refractivity contribution >= 4 is 12.0 Å². The van der Waals surface area contributed by atoms with Gasteiger partial charge in [0.25, 0.3) is 0 Å². The van der Waals surface area contributed by atoms with Crippen molar-refractivity contribution in [2.45, 2.75) is 13.8 Å². The highest BCUT2D eigenvalue weighted by molar-refractivity contribution is 5.86. The SMILES string of the molecule is CCOOC(=O)/C=C/c1ccc(C)cc1. The molecular formula is C12H14O3. The molecule has 3 heteroatoms. The monoisotopic (exact) mass is 206 g/mol. The molecule has 0 saturated heterocycles. The van der Waals surface area contributed by atoms with Crippen molar-refractivity contribution in [2.24, 2.45) is 0 Å². The lowest BCUT2D eigenvalue weighted by Gasteiger charge is -1.96. The molecule has 80 valence electrons. The maximum atomic E-state index is 11.0. The molecule has 0 saturated carbocycles. The van der Waals surface area contributed by atoms with Gasteiger partial charge < -0.3 is 0 Å². The maximum absolute atomic E-state index is 11.0. The average molecular weight is 206 g/mol. The van der Waals surface area contributed by atoms with E-state index in [4.69, 9.17) is 0 Å².